The molecule has 4 heteroatoms. The molecule has 0 aliphatic rings. The average molecular weight is 526 g/mol. The zero-order chi connectivity index (χ0) is 26.6. The second-order valence-electron chi connectivity index (χ2n) is 10.0. The van der Waals surface area contributed by atoms with Crippen molar-refractivity contribution in [1.82, 2.24) is 5.32 Å². The van der Waals surface area contributed by atoms with Crippen molar-refractivity contribution in [2.75, 3.05) is 7.11 Å². The van der Waals surface area contributed by atoms with Gasteiger partial charge in [0.1, 0.15) is 11.8 Å². The summed E-state index contributed by atoms with van der Waals surface area (Å²) in [5.41, 5.74) is 1.51. The molecule has 204 valence electrons. The van der Waals surface area contributed by atoms with E-state index in [0.717, 1.165) is 17.7 Å². The number of methoxy groups -OCH3 is 1. The van der Waals surface area contributed by atoms with Gasteiger partial charge in [-0.05, 0) is 61.0 Å². The molecule has 0 radical (unpaired) electrons. The van der Waals surface area contributed by atoms with Crippen LogP contribution in [0.25, 0.3) is 0 Å². The quantitative estimate of drug-likeness (QED) is 0.130. The van der Waals surface area contributed by atoms with Gasteiger partial charge < -0.3 is 10.1 Å². The number of carbonyl (C=O) groups is 1. The van der Waals surface area contributed by atoms with Gasteiger partial charge in [-0.3, -0.25) is 4.79 Å². The lowest BCUT2D eigenvalue weighted by Crippen LogP contribution is -2.25. The highest BCUT2D eigenvalue weighted by molar-refractivity contribution is 6.30. The van der Waals surface area contributed by atoms with Gasteiger partial charge in [0.2, 0.25) is 0 Å². The smallest absolute Gasteiger partial charge is 0.189 e. The topological polar surface area (TPSA) is 38.3 Å². The lowest BCUT2D eigenvalue weighted by Gasteiger charge is -2.18. The van der Waals surface area contributed by atoms with Gasteiger partial charge in [0, 0.05) is 10.6 Å². The van der Waals surface area contributed by atoms with E-state index in [1.165, 1.54) is 89.9 Å². The Morgan fingerprint density at radius 1 is 0.838 bits per heavy atom. The largest absolute Gasteiger partial charge is 0.497 e. The zero-order valence-corrected chi connectivity index (χ0v) is 23.9. The fraction of sp³-hybridized carbons (Fsp3) is 0.545. The third-order valence-corrected chi connectivity index (χ3v) is 7.18. The van der Waals surface area contributed by atoms with Crippen molar-refractivity contribution in [1.29, 1.82) is 0 Å². The molecular weight excluding hydrogens is 478 g/mol. The van der Waals surface area contributed by atoms with Crippen LogP contribution in [0.1, 0.15) is 125 Å². The standard InChI is InChI=1S/C33H48ClNO2/c1-3-4-5-6-7-8-9-10-11-12-13-14-15-16-17-18-26-35-32(29-20-19-21-31(27-29)37-2)33(36)28-22-24-30(34)25-23-28/h18-27,32,35H,3-17H2,1-2H3. The second-order valence-corrected chi connectivity index (χ2v) is 10.5. The first-order chi connectivity index (χ1) is 18.2. The molecule has 0 amide bonds. The molecule has 2 aromatic carbocycles. The van der Waals surface area contributed by atoms with E-state index in [0.29, 0.717) is 10.6 Å². The number of ketones is 1. The maximum absolute atomic E-state index is 13.3. The Labute approximate surface area is 231 Å². The van der Waals surface area contributed by atoms with Crippen LogP contribution in [-0.2, 0) is 0 Å². The molecule has 0 fully saturated rings. The Kier molecular flexibility index (Phi) is 16.6. The van der Waals surface area contributed by atoms with Crippen LogP contribution in [-0.4, -0.2) is 12.9 Å². The van der Waals surface area contributed by atoms with E-state index in [1.54, 1.807) is 31.4 Å². The summed E-state index contributed by atoms with van der Waals surface area (Å²) >= 11 is 6.01. The van der Waals surface area contributed by atoms with Crippen LogP contribution < -0.4 is 10.1 Å². The fourth-order valence-electron chi connectivity index (χ4n) is 4.63. The van der Waals surface area contributed by atoms with Crippen LogP contribution in [0.3, 0.4) is 0 Å². The van der Waals surface area contributed by atoms with Gasteiger partial charge in [0.25, 0.3) is 0 Å². The molecule has 37 heavy (non-hydrogen) atoms. The summed E-state index contributed by atoms with van der Waals surface area (Å²) in [5.74, 6) is 0.741. The van der Waals surface area contributed by atoms with E-state index >= 15 is 0 Å². The predicted octanol–water partition coefficient (Wildman–Crippen LogP) is 10.2. The van der Waals surface area contributed by atoms with Gasteiger partial charge in [0.15, 0.2) is 5.78 Å². The van der Waals surface area contributed by atoms with Crippen LogP contribution in [0.4, 0.5) is 0 Å². The highest BCUT2D eigenvalue weighted by Crippen LogP contribution is 2.24. The summed E-state index contributed by atoms with van der Waals surface area (Å²) in [6.07, 6.45) is 24.3. The number of unbranched alkanes of at least 4 members (excludes halogenated alkanes) is 14. The monoisotopic (exact) mass is 525 g/mol. The van der Waals surface area contributed by atoms with Crippen LogP contribution in [0, 0.1) is 0 Å². The van der Waals surface area contributed by atoms with Gasteiger partial charge in [-0.1, -0.05) is 120 Å². The summed E-state index contributed by atoms with van der Waals surface area (Å²) in [6.45, 7) is 2.28. The van der Waals surface area contributed by atoms with Gasteiger partial charge in [-0.15, -0.1) is 0 Å². The molecule has 0 aliphatic heterocycles. The summed E-state index contributed by atoms with van der Waals surface area (Å²) < 4.78 is 5.37. The van der Waals surface area contributed by atoms with E-state index in [9.17, 15) is 4.79 Å². The molecule has 0 aromatic heterocycles. The van der Waals surface area contributed by atoms with E-state index in [2.05, 4.69) is 18.3 Å². The van der Waals surface area contributed by atoms with Crippen LogP contribution in [0.5, 0.6) is 5.75 Å². The Bertz CT molecular complexity index is 893. The molecule has 0 saturated heterocycles. The number of nitrogens with one attached hydrogen (secondary N) is 1. The van der Waals surface area contributed by atoms with Crippen molar-refractivity contribution in [2.45, 2.75) is 109 Å². The number of hydrogen-bond donors (Lipinski definition) is 1. The third-order valence-electron chi connectivity index (χ3n) is 6.92. The maximum atomic E-state index is 13.3. The van der Waals surface area contributed by atoms with Gasteiger partial charge in [-0.2, -0.15) is 0 Å². The summed E-state index contributed by atoms with van der Waals surface area (Å²) in [5, 5.41) is 3.95. The first kappa shape index (κ1) is 31.0. The van der Waals surface area contributed by atoms with Gasteiger partial charge in [0.05, 0.1) is 7.11 Å². The van der Waals surface area contributed by atoms with Crippen molar-refractivity contribution in [3.8, 4) is 5.75 Å². The molecule has 1 unspecified atom stereocenters. The van der Waals surface area contributed by atoms with E-state index < -0.39 is 6.04 Å². The number of Topliss-reactive ketones (excluding diaryl/α,β-unsaturated/α-hetero) is 1. The Hall–Kier alpha value is -2.26. The zero-order valence-electron chi connectivity index (χ0n) is 23.2. The average Bonchev–Trinajstić information content (AvgIpc) is 2.92. The number of benzene rings is 2. The lowest BCUT2D eigenvalue weighted by atomic mass is 9.97. The predicted molar refractivity (Wildman–Crippen MR) is 159 cm³/mol. The number of hydrogen-bond acceptors (Lipinski definition) is 3. The molecule has 0 spiro atoms. The van der Waals surface area contributed by atoms with E-state index in [4.69, 9.17) is 16.3 Å². The highest BCUT2D eigenvalue weighted by atomic mass is 35.5. The SMILES string of the molecule is CCCCCCCCCCCCCCCCC=CNC(C(=O)c1ccc(Cl)cc1)c1cccc(OC)c1. The summed E-state index contributed by atoms with van der Waals surface area (Å²) in [4.78, 5) is 13.3. The van der Waals surface area contributed by atoms with E-state index in [1.807, 2.05) is 30.5 Å². The molecule has 0 aliphatic carbocycles. The Morgan fingerprint density at radius 3 is 1.97 bits per heavy atom. The molecule has 1 atom stereocenters. The summed E-state index contributed by atoms with van der Waals surface area (Å²) in [7, 11) is 1.64. The number of halogens is 1. The number of rotatable bonds is 21. The molecule has 1 N–H and O–H groups in total. The normalized spacial score (nSPS) is 12.1. The van der Waals surface area contributed by atoms with Crippen LogP contribution >= 0.6 is 11.6 Å². The summed E-state index contributed by atoms with van der Waals surface area (Å²) in [6, 6.07) is 14.2. The molecule has 0 saturated carbocycles. The first-order valence-corrected chi connectivity index (χ1v) is 14.9. The maximum Gasteiger partial charge on any atom is 0.189 e. The van der Waals surface area contributed by atoms with Crippen molar-refractivity contribution in [2.24, 2.45) is 0 Å². The lowest BCUT2D eigenvalue weighted by molar-refractivity contribution is 0.0950. The van der Waals surface area contributed by atoms with Crippen molar-refractivity contribution >= 4 is 17.4 Å². The van der Waals surface area contributed by atoms with Crippen LogP contribution in [0.2, 0.25) is 5.02 Å². The highest BCUT2D eigenvalue weighted by Gasteiger charge is 2.21. The minimum Gasteiger partial charge on any atom is -0.497 e. The van der Waals surface area contributed by atoms with Crippen molar-refractivity contribution in [3.63, 3.8) is 0 Å². The molecule has 2 rings (SSSR count). The molecule has 2 aromatic rings. The minimum absolute atomic E-state index is 0.00561. The molecule has 0 heterocycles. The number of carbonyl (C=O) groups excluding carboxylic acids is 1. The molecule has 0 bridgehead atoms. The first-order valence-electron chi connectivity index (χ1n) is 14.5. The van der Waals surface area contributed by atoms with Crippen molar-refractivity contribution < 1.29 is 9.53 Å². The van der Waals surface area contributed by atoms with E-state index in [-0.39, 0.29) is 5.78 Å². The fourth-order valence-corrected chi connectivity index (χ4v) is 4.76. The molecule has 3 nitrogen and oxygen atoms in total. The molecular formula is C33H48ClNO2. The number of ether oxygens (including phenoxy) is 1. The van der Waals surface area contributed by atoms with Crippen molar-refractivity contribution in [3.05, 3.63) is 77.0 Å². The van der Waals surface area contributed by atoms with Gasteiger partial charge in [-0.25, -0.2) is 0 Å². The Balaban J connectivity index is 1.65. The third kappa shape index (κ3) is 13.2. The Morgan fingerprint density at radius 2 is 1.41 bits per heavy atom. The van der Waals surface area contributed by atoms with Gasteiger partial charge >= 0.3 is 0 Å². The number of allylic oxidation sites excluding steroid dienone is 1. The minimum atomic E-state index is -0.483. The second kappa shape index (κ2) is 19.8. The van der Waals surface area contributed by atoms with Crippen LogP contribution in [0.15, 0.2) is 60.8 Å².